The Labute approximate surface area is 349 Å². The Morgan fingerprint density at radius 2 is 0.898 bits per heavy atom. The van der Waals surface area contributed by atoms with Gasteiger partial charge in [-0.2, -0.15) is 0 Å². The summed E-state index contributed by atoms with van der Waals surface area (Å²) in [5.41, 5.74) is 20.3. The zero-order valence-corrected chi connectivity index (χ0v) is 34.0. The first-order valence-electron chi connectivity index (χ1n) is 21.6. The van der Waals surface area contributed by atoms with Crippen LogP contribution in [0.5, 0.6) is 0 Å². The fourth-order valence-electron chi connectivity index (χ4n) is 11.2. The van der Waals surface area contributed by atoms with E-state index < -0.39 is 5.41 Å². The molecule has 1 heteroatoms. The molecule has 0 unspecified atom stereocenters. The van der Waals surface area contributed by atoms with Crippen molar-refractivity contribution in [3.63, 3.8) is 0 Å². The first-order chi connectivity index (χ1) is 29.0. The number of benzene rings is 8. The highest BCUT2D eigenvalue weighted by Crippen LogP contribution is 2.58. The monoisotopic (exact) mass is 759 g/mol. The standard InChI is InChI=1S/C58H49N/c1-57(2)53-28-16-14-26-49(53)51-36-34-46(39-56(51)57)59(44-32-30-41(31-33-44)48-25-13-12-24-47(48)40-18-6-3-7-19-40)45-35-37-55-52(38-45)50-27-15-17-29-54(50)58(55,42-20-8-4-9-21-42)43-22-10-5-11-23-43/h4-5,8-17,20-40H,3,6-7,18-19H2,1-2H3. The summed E-state index contributed by atoms with van der Waals surface area (Å²) in [7, 11) is 0. The number of hydrogen-bond donors (Lipinski definition) is 0. The normalized spacial score (nSPS) is 15.8. The molecule has 0 spiro atoms. The molecule has 0 aromatic heterocycles. The minimum atomic E-state index is -0.436. The molecule has 59 heavy (non-hydrogen) atoms. The molecule has 0 saturated heterocycles. The van der Waals surface area contributed by atoms with Crippen molar-refractivity contribution in [1.29, 1.82) is 0 Å². The van der Waals surface area contributed by atoms with Crippen LogP contribution in [0.2, 0.25) is 0 Å². The number of hydrogen-bond acceptors (Lipinski definition) is 1. The second-order valence-corrected chi connectivity index (χ2v) is 17.5. The van der Waals surface area contributed by atoms with Crippen LogP contribution in [0, 0.1) is 0 Å². The van der Waals surface area contributed by atoms with Gasteiger partial charge in [0.25, 0.3) is 0 Å². The van der Waals surface area contributed by atoms with E-state index in [0.717, 1.165) is 11.4 Å². The quantitative estimate of drug-likeness (QED) is 0.156. The Morgan fingerprint density at radius 1 is 0.390 bits per heavy atom. The summed E-state index contributed by atoms with van der Waals surface area (Å²) in [6.07, 6.45) is 6.61. The molecule has 11 rings (SSSR count). The molecule has 0 atom stereocenters. The first kappa shape index (κ1) is 35.7. The number of rotatable bonds is 7. The highest BCUT2D eigenvalue weighted by molar-refractivity contribution is 5.91. The zero-order chi connectivity index (χ0) is 39.6. The van der Waals surface area contributed by atoms with E-state index in [1.165, 1.54) is 110 Å². The van der Waals surface area contributed by atoms with Gasteiger partial charge in [0.2, 0.25) is 0 Å². The molecule has 286 valence electrons. The van der Waals surface area contributed by atoms with Crippen molar-refractivity contribution in [2.75, 3.05) is 4.90 Å². The van der Waals surface area contributed by atoms with Gasteiger partial charge in [-0.1, -0.05) is 191 Å². The zero-order valence-electron chi connectivity index (χ0n) is 34.0. The van der Waals surface area contributed by atoms with Crippen LogP contribution in [-0.2, 0) is 10.8 Å². The number of fused-ring (bicyclic) bond motifs is 6. The van der Waals surface area contributed by atoms with Crippen molar-refractivity contribution in [1.82, 2.24) is 0 Å². The van der Waals surface area contributed by atoms with Crippen LogP contribution < -0.4 is 4.90 Å². The van der Waals surface area contributed by atoms with Gasteiger partial charge >= 0.3 is 0 Å². The molecule has 3 aliphatic rings. The molecule has 0 bridgehead atoms. The lowest BCUT2D eigenvalue weighted by Gasteiger charge is -2.34. The van der Waals surface area contributed by atoms with Crippen molar-refractivity contribution >= 4 is 17.1 Å². The Kier molecular flexibility index (Phi) is 8.55. The van der Waals surface area contributed by atoms with E-state index in [1.807, 2.05) is 0 Å². The summed E-state index contributed by atoms with van der Waals surface area (Å²) in [5, 5.41) is 0. The van der Waals surface area contributed by atoms with E-state index in [2.05, 4.69) is 213 Å². The van der Waals surface area contributed by atoms with E-state index in [1.54, 1.807) is 0 Å². The lowest BCUT2D eigenvalue weighted by atomic mass is 9.68. The first-order valence-corrected chi connectivity index (χ1v) is 21.6. The SMILES string of the molecule is CC1(C)c2ccccc2-c2ccc(N(c3ccc(-c4ccccc4C4CCCCC4)cc3)c3ccc4c(c3)-c3ccccc3C4(c3ccccc3)c3ccccc3)cc21. The average Bonchev–Trinajstić information content (AvgIpc) is 3.73. The fraction of sp³-hybridized carbons (Fsp3) is 0.172. The Hall–Kier alpha value is -6.44. The van der Waals surface area contributed by atoms with Gasteiger partial charge < -0.3 is 4.90 Å². The minimum absolute atomic E-state index is 0.109. The smallest absolute Gasteiger partial charge is 0.0713 e. The van der Waals surface area contributed by atoms with Gasteiger partial charge in [-0.25, -0.2) is 0 Å². The molecule has 1 saturated carbocycles. The van der Waals surface area contributed by atoms with Gasteiger partial charge in [0.05, 0.1) is 5.41 Å². The average molecular weight is 760 g/mol. The molecule has 0 N–H and O–H groups in total. The second kappa shape index (κ2) is 14.1. The second-order valence-electron chi connectivity index (χ2n) is 17.5. The van der Waals surface area contributed by atoms with Gasteiger partial charge in [-0.3, -0.25) is 0 Å². The van der Waals surface area contributed by atoms with E-state index in [-0.39, 0.29) is 5.41 Å². The summed E-state index contributed by atoms with van der Waals surface area (Å²) in [6.45, 7) is 4.76. The van der Waals surface area contributed by atoms with Crippen LogP contribution >= 0.6 is 0 Å². The van der Waals surface area contributed by atoms with Gasteiger partial charge in [-0.05, 0) is 127 Å². The molecule has 3 aliphatic carbocycles. The molecule has 0 heterocycles. The Morgan fingerprint density at radius 3 is 1.59 bits per heavy atom. The van der Waals surface area contributed by atoms with Gasteiger partial charge in [0, 0.05) is 22.5 Å². The van der Waals surface area contributed by atoms with Crippen molar-refractivity contribution in [3.8, 4) is 33.4 Å². The lowest BCUT2D eigenvalue weighted by molar-refractivity contribution is 0.444. The summed E-state index contributed by atoms with van der Waals surface area (Å²) >= 11 is 0. The predicted molar refractivity (Wildman–Crippen MR) is 247 cm³/mol. The molecular formula is C58H49N. The van der Waals surface area contributed by atoms with Crippen molar-refractivity contribution in [2.24, 2.45) is 0 Å². The molecule has 1 nitrogen and oxygen atoms in total. The third kappa shape index (κ3) is 5.59. The number of nitrogens with zero attached hydrogens (tertiary/aromatic N) is 1. The van der Waals surface area contributed by atoms with Gasteiger partial charge in [-0.15, -0.1) is 0 Å². The molecule has 8 aromatic carbocycles. The minimum Gasteiger partial charge on any atom is -0.310 e. The lowest BCUT2D eigenvalue weighted by Crippen LogP contribution is -2.28. The topological polar surface area (TPSA) is 3.24 Å². The maximum absolute atomic E-state index is 2.49. The van der Waals surface area contributed by atoms with E-state index in [0.29, 0.717) is 5.92 Å². The van der Waals surface area contributed by atoms with Crippen molar-refractivity contribution in [2.45, 2.75) is 62.7 Å². The predicted octanol–water partition coefficient (Wildman–Crippen LogP) is 15.5. The molecule has 0 radical (unpaired) electrons. The maximum Gasteiger partial charge on any atom is 0.0713 e. The Balaban J connectivity index is 1.10. The largest absolute Gasteiger partial charge is 0.310 e. The molecular weight excluding hydrogens is 711 g/mol. The van der Waals surface area contributed by atoms with Crippen LogP contribution in [-0.4, -0.2) is 0 Å². The van der Waals surface area contributed by atoms with Crippen LogP contribution in [0.15, 0.2) is 194 Å². The van der Waals surface area contributed by atoms with E-state index >= 15 is 0 Å². The molecule has 1 fully saturated rings. The highest BCUT2D eigenvalue weighted by Gasteiger charge is 2.46. The van der Waals surface area contributed by atoms with Gasteiger partial charge in [0.1, 0.15) is 0 Å². The molecule has 8 aromatic rings. The number of anilines is 3. The van der Waals surface area contributed by atoms with Crippen LogP contribution in [0.4, 0.5) is 17.1 Å². The van der Waals surface area contributed by atoms with Crippen molar-refractivity contribution < 1.29 is 0 Å². The van der Waals surface area contributed by atoms with Crippen LogP contribution in [0.3, 0.4) is 0 Å². The molecule has 0 amide bonds. The van der Waals surface area contributed by atoms with Crippen molar-refractivity contribution in [3.05, 3.63) is 233 Å². The highest BCUT2D eigenvalue weighted by atomic mass is 15.1. The van der Waals surface area contributed by atoms with E-state index in [4.69, 9.17) is 0 Å². The third-order valence-electron chi connectivity index (χ3n) is 14.0. The fourth-order valence-corrected chi connectivity index (χ4v) is 11.2. The molecule has 0 aliphatic heterocycles. The van der Waals surface area contributed by atoms with Gasteiger partial charge in [0.15, 0.2) is 0 Å². The van der Waals surface area contributed by atoms with Crippen LogP contribution in [0.25, 0.3) is 33.4 Å². The summed E-state index contributed by atoms with van der Waals surface area (Å²) in [5.74, 6) is 0.642. The summed E-state index contributed by atoms with van der Waals surface area (Å²) in [6, 6.07) is 73.2. The Bertz CT molecular complexity index is 2780. The van der Waals surface area contributed by atoms with Crippen LogP contribution in [0.1, 0.15) is 90.8 Å². The summed E-state index contributed by atoms with van der Waals surface area (Å²) < 4.78 is 0. The van der Waals surface area contributed by atoms with E-state index in [9.17, 15) is 0 Å². The summed E-state index contributed by atoms with van der Waals surface area (Å²) in [4.78, 5) is 2.49. The maximum atomic E-state index is 2.49. The third-order valence-corrected chi connectivity index (χ3v) is 14.0.